The molecule has 0 saturated heterocycles. The van der Waals surface area contributed by atoms with Crippen molar-refractivity contribution in [3.63, 3.8) is 0 Å². The van der Waals surface area contributed by atoms with E-state index in [1.165, 1.54) is 24.3 Å². The van der Waals surface area contributed by atoms with Crippen LogP contribution in [0, 0.1) is 17.8 Å². The zero-order chi connectivity index (χ0) is 22.6. The minimum atomic E-state index is -4.57. The highest BCUT2D eigenvalue weighted by atomic mass is 35.5. The molecule has 164 valence electrons. The predicted molar refractivity (Wildman–Crippen MR) is 111 cm³/mol. The molecule has 1 aliphatic carbocycles. The summed E-state index contributed by atoms with van der Waals surface area (Å²) in [5.74, 6) is -6.14. The second kappa shape index (κ2) is 9.88. The maximum Gasteiger partial charge on any atom is 0.392 e. The first-order valence-corrected chi connectivity index (χ1v) is 10.1. The van der Waals surface area contributed by atoms with E-state index >= 15 is 0 Å². The van der Waals surface area contributed by atoms with Gasteiger partial charge < -0.3 is 10.4 Å². The summed E-state index contributed by atoms with van der Waals surface area (Å²) in [5, 5.41) is 12.0. The Morgan fingerprint density at radius 1 is 1.27 bits per heavy atom. The molecule has 1 aromatic rings. The first kappa shape index (κ1) is 24.3. The number of hydrogen-bond acceptors (Lipinski definition) is 2. The van der Waals surface area contributed by atoms with Gasteiger partial charge >= 0.3 is 12.1 Å². The van der Waals surface area contributed by atoms with Crippen LogP contribution >= 0.6 is 23.2 Å². The van der Waals surface area contributed by atoms with E-state index in [0.29, 0.717) is 10.6 Å². The number of amides is 1. The Hall–Kier alpha value is -1.99. The fraction of sp³-hybridized carbons (Fsp3) is 0.429. The monoisotopic (exact) mass is 463 g/mol. The van der Waals surface area contributed by atoms with Gasteiger partial charge in [0.1, 0.15) is 0 Å². The molecular weight excluding hydrogens is 442 g/mol. The van der Waals surface area contributed by atoms with Crippen molar-refractivity contribution in [2.45, 2.75) is 38.8 Å². The molecule has 1 amide bonds. The number of anilines is 1. The highest BCUT2D eigenvalue weighted by molar-refractivity contribution is 6.33. The Kier molecular flexibility index (Phi) is 7.99. The number of rotatable bonds is 7. The normalized spacial score (nSPS) is 19.6. The van der Waals surface area contributed by atoms with Crippen LogP contribution in [0.25, 0.3) is 0 Å². The Morgan fingerprint density at radius 2 is 1.93 bits per heavy atom. The molecule has 2 rings (SSSR count). The van der Waals surface area contributed by atoms with Gasteiger partial charge in [-0.05, 0) is 42.0 Å². The van der Waals surface area contributed by atoms with E-state index in [-0.39, 0.29) is 29.5 Å². The van der Waals surface area contributed by atoms with Crippen molar-refractivity contribution in [2.24, 2.45) is 17.8 Å². The lowest BCUT2D eigenvalue weighted by Gasteiger charge is -2.31. The maximum atomic E-state index is 13.5. The second-order valence-corrected chi connectivity index (χ2v) is 8.27. The highest BCUT2D eigenvalue weighted by Crippen LogP contribution is 2.40. The number of alkyl halides is 3. The van der Waals surface area contributed by atoms with Crippen LogP contribution in [-0.4, -0.2) is 23.2 Å². The molecule has 9 heteroatoms. The minimum Gasteiger partial charge on any atom is -0.481 e. The molecule has 1 unspecified atom stereocenters. The quantitative estimate of drug-likeness (QED) is 0.493. The molecular formula is C21H22Cl2F3NO3. The number of carboxylic acid groups (broad SMARTS) is 1. The van der Waals surface area contributed by atoms with Crippen molar-refractivity contribution >= 4 is 40.8 Å². The summed E-state index contributed by atoms with van der Waals surface area (Å²) < 4.78 is 40.4. The van der Waals surface area contributed by atoms with Gasteiger partial charge in [-0.1, -0.05) is 55.3 Å². The average Bonchev–Trinajstić information content (AvgIpc) is 2.63. The van der Waals surface area contributed by atoms with Gasteiger partial charge in [0, 0.05) is 5.03 Å². The fourth-order valence-corrected chi connectivity index (χ4v) is 3.74. The van der Waals surface area contributed by atoms with Gasteiger partial charge in [0.25, 0.3) is 0 Å². The molecule has 0 radical (unpaired) electrons. The van der Waals surface area contributed by atoms with Gasteiger partial charge in [0.15, 0.2) is 0 Å². The summed E-state index contributed by atoms with van der Waals surface area (Å²) in [6, 6.07) is 4.60. The smallest absolute Gasteiger partial charge is 0.392 e. The Balaban J connectivity index is 2.31. The molecule has 0 bridgehead atoms. The van der Waals surface area contributed by atoms with Crippen LogP contribution < -0.4 is 5.32 Å². The van der Waals surface area contributed by atoms with Crippen LogP contribution in [0.2, 0.25) is 5.02 Å². The lowest BCUT2D eigenvalue weighted by molar-refractivity contribution is -0.188. The molecule has 0 heterocycles. The summed E-state index contributed by atoms with van der Waals surface area (Å²) in [4.78, 5) is 23.9. The van der Waals surface area contributed by atoms with Crippen LogP contribution in [-0.2, 0) is 9.59 Å². The van der Waals surface area contributed by atoms with Crippen LogP contribution in [0.4, 0.5) is 18.9 Å². The topological polar surface area (TPSA) is 66.4 Å². The van der Waals surface area contributed by atoms with Gasteiger partial charge in [0.2, 0.25) is 5.91 Å². The van der Waals surface area contributed by atoms with Crippen LogP contribution in [0.15, 0.2) is 41.5 Å². The molecule has 0 aromatic heterocycles. The third kappa shape index (κ3) is 6.25. The lowest BCUT2D eigenvalue weighted by Crippen LogP contribution is -2.40. The number of aliphatic carboxylic acids is 1. The molecule has 30 heavy (non-hydrogen) atoms. The number of carbonyl (C=O) groups is 2. The van der Waals surface area contributed by atoms with Crippen molar-refractivity contribution < 1.29 is 27.9 Å². The number of benzene rings is 1. The maximum absolute atomic E-state index is 13.5. The molecule has 0 saturated carbocycles. The first-order chi connectivity index (χ1) is 13.9. The van der Waals surface area contributed by atoms with E-state index in [4.69, 9.17) is 28.3 Å². The summed E-state index contributed by atoms with van der Waals surface area (Å²) >= 11 is 12.0. The second-order valence-electron chi connectivity index (χ2n) is 7.43. The van der Waals surface area contributed by atoms with Crippen molar-refractivity contribution in [3.05, 3.63) is 52.0 Å². The molecule has 2 N–H and O–H groups in total. The standard InChI is InChI=1S/C21H22Cl2F3NO3/c1-11(9-18(28)29)14-5-8-16(23)17(10-14)27-20(30)19(12(2)21(24,25)26)13-3-6-15(22)7-4-13/h3,5-8,10-13,19H,4,9H2,1-2H3,(H,27,30)(H,28,29)/t11-,12-,13?,19+/m1/s1. The fourth-order valence-electron chi connectivity index (χ4n) is 3.41. The van der Waals surface area contributed by atoms with Crippen molar-refractivity contribution in [1.29, 1.82) is 0 Å². The number of carbonyl (C=O) groups excluding carboxylic acids is 1. The van der Waals surface area contributed by atoms with E-state index in [9.17, 15) is 22.8 Å². The number of halogens is 5. The predicted octanol–water partition coefficient (Wildman–Crippen LogP) is 6.37. The zero-order valence-corrected chi connectivity index (χ0v) is 17.9. The van der Waals surface area contributed by atoms with Gasteiger partial charge in [-0.25, -0.2) is 0 Å². The van der Waals surface area contributed by atoms with Gasteiger partial charge in [-0.2, -0.15) is 13.2 Å². The number of hydrogen-bond donors (Lipinski definition) is 2. The van der Waals surface area contributed by atoms with Crippen LogP contribution in [0.5, 0.6) is 0 Å². The molecule has 4 nitrogen and oxygen atoms in total. The average molecular weight is 464 g/mol. The van der Waals surface area contributed by atoms with Crippen molar-refractivity contribution in [3.8, 4) is 0 Å². The van der Waals surface area contributed by atoms with Crippen LogP contribution in [0.3, 0.4) is 0 Å². The molecule has 4 atom stereocenters. The van der Waals surface area contributed by atoms with E-state index in [1.807, 2.05) is 0 Å². The molecule has 1 aromatic carbocycles. The number of nitrogens with one attached hydrogen (secondary N) is 1. The van der Waals surface area contributed by atoms with Crippen LogP contribution in [0.1, 0.15) is 38.2 Å². The third-order valence-corrected chi connectivity index (χ3v) is 5.81. The van der Waals surface area contributed by atoms with Crippen molar-refractivity contribution in [1.82, 2.24) is 0 Å². The Bertz CT molecular complexity index is 868. The van der Waals surface area contributed by atoms with Gasteiger partial charge in [-0.3, -0.25) is 9.59 Å². The lowest BCUT2D eigenvalue weighted by atomic mass is 9.78. The summed E-state index contributed by atoms with van der Waals surface area (Å²) in [6.45, 7) is 2.67. The number of allylic oxidation sites excluding steroid dienone is 4. The molecule has 1 aliphatic rings. The minimum absolute atomic E-state index is 0.136. The Labute approximate surface area is 182 Å². The first-order valence-electron chi connectivity index (χ1n) is 9.32. The third-order valence-electron chi connectivity index (χ3n) is 5.20. The van der Waals surface area contributed by atoms with Gasteiger partial charge in [-0.15, -0.1) is 0 Å². The van der Waals surface area contributed by atoms with E-state index in [2.05, 4.69) is 5.32 Å². The summed E-state index contributed by atoms with van der Waals surface area (Å²) in [7, 11) is 0. The SMILES string of the molecule is C[C@H](CC(=O)O)c1ccc(Cl)c(NC(=O)[C@H](C2C=CC(Cl)=CC2)[C@@H](C)C(F)(F)F)c1. The zero-order valence-electron chi connectivity index (χ0n) is 16.3. The molecule has 0 fully saturated rings. The highest BCUT2D eigenvalue weighted by Gasteiger charge is 2.46. The van der Waals surface area contributed by atoms with E-state index in [1.54, 1.807) is 19.1 Å². The molecule has 0 aliphatic heterocycles. The molecule has 0 spiro atoms. The summed E-state index contributed by atoms with van der Waals surface area (Å²) in [6.07, 6.45) is 0.0846. The largest absolute Gasteiger partial charge is 0.481 e. The van der Waals surface area contributed by atoms with E-state index in [0.717, 1.165) is 6.92 Å². The Morgan fingerprint density at radius 3 is 2.47 bits per heavy atom. The summed E-state index contributed by atoms with van der Waals surface area (Å²) in [5.41, 5.74) is 0.744. The van der Waals surface area contributed by atoms with E-state index < -0.39 is 35.8 Å². The van der Waals surface area contributed by atoms with Crippen molar-refractivity contribution in [2.75, 3.05) is 5.32 Å². The van der Waals surface area contributed by atoms with Gasteiger partial charge in [0.05, 0.1) is 29.0 Å². The number of carboxylic acids is 1.